The number of sulfonamides is 1. The van der Waals surface area contributed by atoms with Crippen LogP contribution in [0, 0.1) is 6.92 Å². The monoisotopic (exact) mass is 309 g/mol. The molecule has 21 heavy (non-hydrogen) atoms. The Bertz CT molecular complexity index is 750. The number of anilines is 2. The van der Waals surface area contributed by atoms with Gasteiger partial charge in [0, 0.05) is 25.7 Å². The van der Waals surface area contributed by atoms with Gasteiger partial charge in [-0.15, -0.1) is 0 Å². The maximum Gasteiger partial charge on any atom is 0.263 e. The Balaban J connectivity index is 2.23. The van der Waals surface area contributed by atoms with Gasteiger partial charge in [0.25, 0.3) is 10.0 Å². The van der Waals surface area contributed by atoms with Gasteiger partial charge in [-0.05, 0) is 31.2 Å². The van der Waals surface area contributed by atoms with E-state index in [1.54, 1.807) is 26.1 Å². The third-order valence-corrected chi connectivity index (χ3v) is 4.24. The van der Waals surface area contributed by atoms with Gasteiger partial charge < -0.3 is 9.42 Å². The summed E-state index contributed by atoms with van der Waals surface area (Å²) < 4.78 is 31.4. The first-order valence-corrected chi connectivity index (χ1v) is 7.58. The van der Waals surface area contributed by atoms with Crippen LogP contribution in [0.25, 0.3) is 0 Å². The summed E-state index contributed by atoms with van der Waals surface area (Å²) in [6, 6.07) is 7.44. The SMILES string of the molecule is CC(=O)N(C)c1ccc(S(=O)(=O)Nc2cc(C)on2)cc1. The Labute approximate surface area is 122 Å². The topological polar surface area (TPSA) is 92.5 Å². The fraction of sp³-hybridized carbons (Fsp3) is 0.231. The van der Waals surface area contributed by atoms with E-state index in [0.717, 1.165) is 0 Å². The standard InChI is InChI=1S/C13H15N3O4S/c1-9-8-13(14-20-9)15-21(18,19)12-6-4-11(5-7-12)16(3)10(2)17/h4-8H,1-3H3,(H,14,15). The highest BCUT2D eigenvalue weighted by Gasteiger charge is 2.16. The first-order chi connectivity index (χ1) is 9.79. The van der Waals surface area contributed by atoms with E-state index in [9.17, 15) is 13.2 Å². The van der Waals surface area contributed by atoms with E-state index in [4.69, 9.17) is 4.52 Å². The van der Waals surface area contributed by atoms with E-state index in [2.05, 4.69) is 9.88 Å². The van der Waals surface area contributed by atoms with Crippen LogP contribution >= 0.6 is 0 Å². The van der Waals surface area contributed by atoms with Crippen LogP contribution in [0.4, 0.5) is 11.5 Å². The Morgan fingerprint density at radius 1 is 1.29 bits per heavy atom. The predicted octanol–water partition coefficient (Wildman–Crippen LogP) is 1.77. The summed E-state index contributed by atoms with van der Waals surface area (Å²) in [7, 11) is -2.13. The Morgan fingerprint density at radius 2 is 1.90 bits per heavy atom. The molecule has 2 aromatic rings. The smallest absolute Gasteiger partial charge is 0.263 e. The van der Waals surface area contributed by atoms with Gasteiger partial charge in [0.05, 0.1) is 4.90 Å². The molecule has 8 heteroatoms. The molecule has 0 unspecified atom stereocenters. The minimum absolute atomic E-state index is 0.0730. The molecule has 1 N–H and O–H groups in total. The van der Waals surface area contributed by atoms with E-state index in [1.807, 2.05) is 0 Å². The van der Waals surface area contributed by atoms with Crippen LogP contribution in [0.2, 0.25) is 0 Å². The Kier molecular flexibility index (Phi) is 3.99. The fourth-order valence-electron chi connectivity index (χ4n) is 1.64. The van der Waals surface area contributed by atoms with Gasteiger partial charge in [-0.3, -0.25) is 9.52 Å². The molecule has 0 aliphatic carbocycles. The summed E-state index contributed by atoms with van der Waals surface area (Å²) in [5.74, 6) is 0.491. The molecule has 0 aliphatic heterocycles. The van der Waals surface area contributed by atoms with Crippen molar-refractivity contribution in [2.24, 2.45) is 0 Å². The molecule has 7 nitrogen and oxygen atoms in total. The van der Waals surface area contributed by atoms with Gasteiger partial charge in [-0.25, -0.2) is 8.42 Å². The fourth-order valence-corrected chi connectivity index (χ4v) is 2.63. The van der Waals surface area contributed by atoms with Gasteiger partial charge in [0.1, 0.15) is 5.76 Å². The molecule has 0 saturated carbocycles. The number of hydrogen-bond acceptors (Lipinski definition) is 5. The molecule has 0 aliphatic rings. The highest BCUT2D eigenvalue weighted by molar-refractivity contribution is 7.92. The second kappa shape index (κ2) is 5.57. The second-order valence-corrected chi connectivity index (χ2v) is 6.18. The largest absolute Gasteiger partial charge is 0.360 e. The minimum Gasteiger partial charge on any atom is -0.360 e. The van der Waals surface area contributed by atoms with Crippen LogP contribution in [0.3, 0.4) is 0 Å². The van der Waals surface area contributed by atoms with E-state index >= 15 is 0 Å². The number of carbonyl (C=O) groups is 1. The number of hydrogen-bond donors (Lipinski definition) is 1. The molecule has 0 atom stereocenters. The molecule has 0 saturated heterocycles. The first-order valence-electron chi connectivity index (χ1n) is 6.10. The number of rotatable bonds is 4. The lowest BCUT2D eigenvalue weighted by molar-refractivity contribution is -0.116. The lowest BCUT2D eigenvalue weighted by Crippen LogP contribution is -2.22. The summed E-state index contributed by atoms with van der Waals surface area (Å²) in [6.07, 6.45) is 0. The third kappa shape index (κ3) is 3.40. The van der Waals surface area contributed by atoms with E-state index < -0.39 is 10.0 Å². The molecule has 0 spiro atoms. The lowest BCUT2D eigenvalue weighted by atomic mass is 10.3. The molecule has 1 amide bonds. The quantitative estimate of drug-likeness (QED) is 0.929. The van der Waals surface area contributed by atoms with Crippen molar-refractivity contribution in [2.75, 3.05) is 16.7 Å². The normalized spacial score (nSPS) is 11.2. The van der Waals surface area contributed by atoms with E-state index in [1.165, 1.54) is 30.0 Å². The summed E-state index contributed by atoms with van der Waals surface area (Å²) in [5, 5.41) is 3.58. The number of amides is 1. The summed E-state index contributed by atoms with van der Waals surface area (Å²) in [6.45, 7) is 3.09. The van der Waals surface area contributed by atoms with Crippen molar-refractivity contribution in [3.8, 4) is 0 Å². The van der Waals surface area contributed by atoms with Gasteiger partial charge in [-0.2, -0.15) is 0 Å². The minimum atomic E-state index is -3.74. The molecule has 1 aromatic carbocycles. The zero-order valence-corrected chi connectivity index (χ0v) is 12.6. The van der Waals surface area contributed by atoms with Crippen molar-refractivity contribution >= 4 is 27.4 Å². The maximum atomic E-state index is 12.2. The van der Waals surface area contributed by atoms with Crippen molar-refractivity contribution in [2.45, 2.75) is 18.7 Å². The lowest BCUT2D eigenvalue weighted by Gasteiger charge is -2.15. The van der Waals surface area contributed by atoms with Crippen LogP contribution in [-0.4, -0.2) is 26.5 Å². The maximum absolute atomic E-state index is 12.2. The summed E-state index contributed by atoms with van der Waals surface area (Å²) >= 11 is 0. The van der Waals surface area contributed by atoms with Gasteiger partial charge in [0.2, 0.25) is 5.91 Å². The molecular weight excluding hydrogens is 294 g/mol. The van der Waals surface area contributed by atoms with Gasteiger partial charge in [-0.1, -0.05) is 5.16 Å². The van der Waals surface area contributed by atoms with Crippen molar-refractivity contribution in [1.82, 2.24) is 5.16 Å². The van der Waals surface area contributed by atoms with Crippen molar-refractivity contribution in [1.29, 1.82) is 0 Å². The highest BCUT2D eigenvalue weighted by Crippen LogP contribution is 2.19. The van der Waals surface area contributed by atoms with Gasteiger partial charge >= 0.3 is 0 Å². The number of aryl methyl sites for hydroxylation is 1. The number of carbonyl (C=O) groups excluding carboxylic acids is 1. The number of nitrogens with zero attached hydrogens (tertiary/aromatic N) is 2. The highest BCUT2D eigenvalue weighted by atomic mass is 32.2. The number of nitrogens with one attached hydrogen (secondary N) is 1. The van der Waals surface area contributed by atoms with Crippen molar-refractivity contribution < 1.29 is 17.7 Å². The van der Waals surface area contributed by atoms with Crippen LogP contribution < -0.4 is 9.62 Å². The van der Waals surface area contributed by atoms with Crippen LogP contribution in [0.1, 0.15) is 12.7 Å². The molecule has 2 rings (SSSR count). The first kappa shape index (κ1) is 15.0. The average molecular weight is 309 g/mol. The second-order valence-electron chi connectivity index (χ2n) is 4.50. The van der Waals surface area contributed by atoms with Crippen LogP contribution in [-0.2, 0) is 14.8 Å². The average Bonchev–Trinajstić information content (AvgIpc) is 2.82. The van der Waals surface area contributed by atoms with Crippen molar-refractivity contribution in [3.05, 3.63) is 36.1 Å². The zero-order chi connectivity index (χ0) is 15.6. The van der Waals surface area contributed by atoms with Gasteiger partial charge in [0.15, 0.2) is 5.82 Å². The Hall–Kier alpha value is -2.35. The summed E-state index contributed by atoms with van der Waals surface area (Å²) in [5.41, 5.74) is 0.610. The Morgan fingerprint density at radius 3 is 2.38 bits per heavy atom. The zero-order valence-electron chi connectivity index (χ0n) is 11.8. The molecule has 0 radical (unpaired) electrons. The number of benzene rings is 1. The molecule has 1 heterocycles. The molecule has 0 bridgehead atoms. The van der Waals surface area contributed by atoms with E-state index in [-0.39, 0.29) is 16.6 Å². The van der Waals surface area contributed by atoms with Crippen LogP contribution in [0.15, 0.2) is 39.8 Å². The van der Waals surface area contributed by atoms with Crippen LogP contribution in [0.5, 0.6) is 0 Å². The summed E-state index contributed by atoms with van der Waals surface area (Å²) in [4.78, 5) is 12.7. The molecular formula is C13H15N3O4S. The van der Waals surface area contributed by atoms with Crippen molar-refractivity contribution in [3.63, 3.8) is 0 Å². The molecule has 0 fully saturated rings. The number of aromatic nitrogens is 1. The predicted molar refractivity (Wildman–Crippen MR) is 77.6 cm³/mol. The molecule has 112 valence electrons. The van der Waals surface area contributed by atoms with E-state index in [0.29, 0.717) is 11.4 Å². The molecule has 1 aromatic heterocycles. The third-order valence-electron chi connectivity index (χ3n) is 2.87.